The molecule has 0 fully saturated rings. The minimum Gasteiger partial charge on any atom is -0.322 e. The second-order valence-corrected chi connectivity index (χ2v) is 5.67. The lowest BCUT2D eigenvalue weighted by atomic mass is 10.2. The number of nitrogens with two attached hydrogens (primary N) is 1. The zero-order valence-corrected chi connectivity index (χ0v) is 11.3. The normalized spacial score (nSPS) is 12.6. The molecule has 2 heterocycles. The number of aromatic nitrogens is 2. The minimum atomic E-state index is -0.122. The third kappa shape index (κ3) is 2.96. The van der Waals surface area contributed by atoms with Crippen LogP contribution in [0, 0.1) is 6.92 Å². The molecular weight excluding hydrogens is 254 g/mol. The molecule has 0 saturated heterocycles. The third-order valence-corrected chi connectivity index (χ3v) is 4.19. The molecule has 0 bridgehead atoms. The van der Waals surface area contributed by atoms with E-state index in [1.807, 2.05) is 19.2 Å². The molecule has 0 aromatic carbocycles. The van der Waals surface area contributed by atoms with E-state index in [2.05, 4.69) is 9.97 Å². The summed E-state index contributed by atoms with van der Waals surface area (Å²) in [5, 5.41) is 5.34. The summed E-state index contributed by atoms with van der Waals surface area (Å²) in [5.74, 6) is 0.00231. The first kappa shape index (κ1) is 12.3. The van der Waals surface area contributed by atoms with Crippen molar-refractivity contribution < 1.29 is 4.79 Å². The highest BCUT2D eigenvalue weighted by molar-refractivity contribution is 7.10. The smallest absolute Gasteiger partial charge is 0.188 e. The Morgan fingerprint density at radius 3 is 2.71 bits per heavy atom. The summed E-state index contributed by atoms with van der Waals surface area (Å²) in [6.07, 6.45) is 0.320. The lowest BCUT2D eigenvalue weighted by molar-refractivity contribution is 0.0988. The number of carbonyl (C=O) groups is 1. The number of aryl methyl sites for hydroxylation is 1. The van der Waals surface area contributed by atoms with Gasteiger partial charge in [0.2, 0.25) is 0 Å². The second-order valence-electron chi connectivity index (χ2n) is 3.84. The van der Waals surface area contributed by atoms with E-state index in [0.717, 1.165) is 15.7 Å². The van der Waals surface area contributed by atoms with Crippen LogP contribution in [0.4, 0.5) is 0 Å². The highest BCUT2D eigenvalue weighted by Gasteiger charge is 2.14. The van der Waals surface area contributed by atoms with Crippen LogP contribution in [0.3, 0.4) is 0 Å². The molecular formula is C11H13N3OS2. The average Bonchev–Trinajstić information content (AvgIpc) is 2.86. The number of Topliss-reactive ketones (excluding diaryl/α,β-unsaturated/α-hetero) is 1. The van der Waals surface area contributed by atoms with E-state index in [-0.39, 0.29) is 11.8 Å². The fraction of sp³-hybridized carbons (Fsp3) is 0.364. The highest BCUT2D eigenvalue weighted by atomic mass is 32.1. The van der Waals surface area contributed by atoms with E-state index in [4.69, 9.17) is 5.73 Å². The van der Waals surface area contributed by atoms with Gasteiger partial charge in [-0.25, -0.2) is 9.97 Å². The van der Waals surface area contributed by atoms with E-state index >= 15 is 0 Å². The van der Waals surface area contributed by atoms with Crippen LogP contribution < -0.4 is 5.73 Å². The van der Waals surface area contributed by atoms with Gasteiger partial charge in [-0.05, 0) is 13.8 Å². The van der Waals surface area contributed by atoms with Gasteiger partial charge in [0.1, 0.15) is 15.7 Å². The van der Waals surface area contributed by atoms with Crippen molar-refractivity contribution in [2.24, 2.45) is 5.73 Å². The van der Waals surface area contributed by atoms with Gasteiger partial charge in [-0.3, -0.25) is 4.79 Å². The van der Waals surface area contributed by atoms with Crippen molar-refractivity contribution in [1.29, 1.82) is 0 Å². The van der Waals surface area contributed by atoms with Crippen LogP contribution in [0.2, 0.25) is 0 Å². The molecule has 1 atom stereocenters. The summed E-state index contributed by atoms with van der Waals surface area (Å²) in [6.45, 7) is 3.78. The number of hydrogen-bond acceptors (Lipinski definition) is 6. The zero-order chi connectivity index (χ0) is 12.4. The molecule has 0 aliphatic heterocycles. The van der Waals surface area contributed by atoms with Crippen molar-refractivity contribution in [2.45, 2.75) is 26.3 Å². The van der Waals surface area contributed by atoms with Crippen LogP contribution in [0.15, 0.2) is 10.8 Å². The van der Waals surface area contributed by atoms with Gasteiger partial charge in [0, 0.05) is 16.5 Å². The van der Waals surface area contributed by atoms with Crippen molar-refractivity contribution in [1.82, 2.24) is 9.97 Å². The van der Waals surface area contributed by atoms with Gasteiger partial charge in [0.05, 0.1) is 12.5 Å². The second kappa shape index (κ2) is 5.03. The van der Waals surface area contributed by atoms with Crippen LogP contribution in [0.5, 0.6) is 0 Å². The van der Waals surface area contributed by atoms with Crippen LogP contribution >= 0.6 is 22.7 Å². The number of hydrogen-bond donors (Lipinski definition) is 1. The number of rotatable bonds is 4. The molecule has 0 radical (unpaired) electrons. The van der Waals surface area contributed by atoms with Crippen molar-refractivity contribution >= 4 is 28.5 Å². The summed E-state index contributed by atoms with van der Waals surface area (Å²) in [7, 11) is 0. The Morgan fingerprint density at radius 1 is 1.41 bits per heavy atom. The molecule has 0 aliphatic carbocycles. The first-order valence-electron chi connectivity index (χ1n) is 5.21. The van der Waals surface area contributed by atoms with Gasteiger partial charge >= 0.3 is 0 Å². The predicted molar refractivity (Wildman–Crippen MR) is 69.6 cm³/mol. The predicted octanol–water partition coefficient (Wildman–Crippen LogP) is 2.35. The molecule has 4 nitrogen and oxygen atoms in total. The molecule has 0 saturated carbocycles. The van der Waals surface area contributed by atoms with Gasteiger partial charge in [0.25, 0.3) is 0 Å². The van der Waals surface area contributed by atoms with Crippen molar-refractivity contribution in [2.75, 3.05) is 0 Å². The topological polar surface area (TPSA) is 68.9 Å². The Hall–Kier alpha value is -1.11. The molecule has 2 aromatic heterocycles. The van der Waals surface area contributed by atoms with Gasteiger partial charge < -0.3 is 5.73 Å². The molecule has 1 unspecified atom stereocenters. The van der Waals surface area contributed by atoms with Crippen LogP contribution in [0.1, 0.15) is 39.2 Å². The molecule has 90 valence electrons. The quantitative estimate of drug-likeness (QED) is 0.863. The molecule has 2 N–H and O–H groups in total. The van der Waals surface area contributed by atoms with Gasteiger partial charge in [-0.1, -0.05) is 0 Å². The highest BCUT2D eigenvalue weighted by Crippen LogP contribution is 2.18. The van der Waals surface area contributed by atoms with Crippen LogP contribution in [-0.4, -0.2) is 15.8 Å². The average molecular weight is 267 g/mol. The van der Waals surface area contributed by atoms with E-state index in [9.17, 15) is 4.79 Å². The minimum absolute atomic E-state index is 0.00231. The lowest BCUT2D eigenvalue weighted by Gasteiger charge is -1.97. The maximum atomic E-state index is 11.9. The number of thiazole rings is 2. The Bertz CT molecular complexity index is 530. The summed E-state index contributed by atoms with van der Waals surface area (Å²) in [4.78, 5) is 20.4. The van der Waals surface area contributed by atoms with Crippen molar-refractivity contribution in [3.63, 3.8) is 0 Å². The Kier molecular flexibility index (Phi) is 3.66. The number of ketones is 1. The Morgan fingerprint density at radius 2 is 2.18 bits per heavy atom. The van der Waals surface area contributed by atoms with Gasteiger partial charge in [-0.15, -0.1) is 22.7 Å². The molecule has 17 heavy (non-hydrogen) atoms. The molecule has 2 aromatic rings. The van der Waals surface area contributed by atoms with E-state index in [0.29, 0.717) is 12.1 Å². The SMILES string of the molecule is Cc1csc(CC(=O)c2csc(C(C)N)n2)n1. The maximum Gasteiger partial charge on any atom is 0.188 e. The van der Waals surface area contributed by atoms with Crippen molar-refractivity contribution in [3.8, 4) is 0 Å². The molecule has 0 amide bonds. The Labute approximate surface area is 108 Å². The Balaban J connectivity index is 2.09. The summed E-state index contributed by atoms with van der Waals surface area (Å²) in [5.41, 5.74) is 7.16. The van der Waals surface area contributed by atoms with Crippen molar-refractivity contribution in [3.05, 3.63) is 32.2 Å². The third-order valence-electron chi connectivity index (χ3n) is 2.18. The lowest BCUT2D eigenvalue weighted by Crippen LogP contribution is -2.07. The van der Waals surface area contributed by atoms with E-state index in [1.165, 1.54) is 22.7 Å². The van der Waals surface area contributed by atoms with E-state index < -0.39 is 0 Å². The number of nitrogens with zero attached hydrogens (tertiary/aromatic N) is 2. The molecule has 0 spiro atoms. The van der Waals surface area contributed by atoms with Crippen LogP contribution in [-0.2, 0) is 6.42 Å². The molecule has 0 aliphatic rings. The summed E-state index contributed by atoms with van der Waals surface area (Å²) < 4.78 is 0. The zero-order valence-electron chi connectivity index (χ0n) is 9.64. The van der Waals surface area contributed by atoms with E-state index in [1.54, 1.807) is 5.38 Å². The van der Waals surface area contributed by atoms with Gasteiger partial charge in [0.15, 0.2) is 5.78 Å². The first-order valence-corrected chi connectivity index (χ1v) is 6.97. The monoisotopic (exact) mass is 267 g/mol. The maximum absolute atomic E-state index is 11.9. The largest absolute Gasteiger partial charge is 0.322 e. The molecule has 2 rings (SSSR count). The van der Waals surface area contributed by atoms with Gasteiger partial charge in [-0.2, -0.15) is 0 Å². The standard InChI is InChI=1S/C11H13N3OS2/c1-6-4-16-10(13-6)3-9(15)8-5-17-11(14-8)7(2)12/h4-5,7H,3,12H2,1-2H3. The molecule has 6 heteroatoms. The first-order chi connectivity index (χ1) is 8.06. The summed E-state index contributed by atoms with van der Waals surface area (Å²) in [6, 6.07) is -0.122. The van der Waals surface area contributed by atoms with Crippen LogP contribution in [0.25, 0.3) is 0 Å². The fourth-order valence-electron chi connectivity index (χ4n) is 1.34. The fourth-order valence-corrected chi connectivity index (χ4v) is 2.89. The summed E-state index contributed by atoms with van der Waals surface area (Å²) >= 11 is 2.93. The number of carbonyl (C=O) groups excluding carboxylic acids is 1.